The summed E-state index contributed by atoms with van der Waals surface area (Å²) in [4.78, 5) is 22.5. The molecule has 0 fully saturated rings. The highest BCUT2D eigenvalue weighted by molar-refractivity contribution is 6.31. The second kappa shape index (κ2) is 7.49. The summed E-state index contributed by atoms with van der Waals surface area (Å²) in [7, 11) is 0. The van der Waals surface area contributed by atoms with Crippen LogP contribution in [0.25, 0.3) is 0 Å². The molecule has 2 aromatic rings. The number of ether oxygens (including phenoxy) is 2. The van der Waals surface area contributed by atoms with Crippen LogP contribution in [-0.2, 0) is 16.0 Å². The van der Waals surface area contributed by atoms with Gasteiger partial charge < -0.3 is 9.47 Å². The van der Waals surface area contributed by atoms with Gasteiger partial charge in [0.05, 0.1) is 0 Å². The lowest BCUT2D eigenvalue weighted by Crippen LogP contribution is -2.06. The Hall–Kier alpha value is -2.04. The minimum Gasteiger partial charge on any atom is -0.426 e. The van der Waals surface area contributed by atoms with E-state index in [9.17, 15) is 9.59 Å². The van der Waals surface area contributed by atoms with Crippen LogP contribution in [0.5, 0.6) is 11.5 Å². The van der Waals surface area contributed by atoms with Gasteiger partial charge >= 0.3 is 11.9 Å². The largest absolute Gasteiger partial charge is 0.426 e. The van der Waals surface area contributed by atoms with Gasteiger partial charge in [-0.15, -0.1) is 0 Å². The van der Waals surface area contributed by atoms with Gasteiger partial charge in [0.1, 0.15) is 11.5 Å². The van der Waals surface area contributed by atoms with Gasteiger partial charge in [0.25, 0.3) is 0 Å². The highest BCUT2D eigenvalue weighted by Gasteiger charge is 2.13. The molecule has 0 spiro atoms. The van der Waals surface area contributed by atoms with Crippen LogP contribution < -0.4 is 9.47 Å². The monoisotopic (exact) mass is 352 g/mol. The molecule has 0 unspecified atom stereocenters. The fraction of sp³-hybridized carbons (Fsp3) is 0.176. The van der Waals surface area contributed by atoms with Crippen molar-refractivity contribution in [2.45, 2.75) is 20.3 Å². The first-order chi connectivity index (χ1) is 10.8. The van der Waals surface area contributed by atoms with Crippen LogP contribution in [0.15, 0.2) is 36.4 Å². The number of hydrogen-bond acceptors (Lipinski definition) is 4. The lowest BCUT2D eigenvalue weighted by molar-refractivity contribution is -0.132. The fourth-order valence-electron chi connectivity index (χ4n) is 2.05. The predicted molar refractivity (Wildman–Crippen MR) is 88.3 cm³/mol. The summed E-state index contributed by atoms with van der Waals surface area (Å²) in [5, 5.41) is 0.919. The Morgan fingerprint density at radius 3 is 1.57 bits per heavy atom. The van der Waals surface area contributed by atoms with E-state index in [1.54, 1.807) is 36.4 Å². The van der Waals surface area contributed by atoms with E-state index in [4.69, 9.17) is 32.7 Å². The molecular formula is C17H14Cl2O4. The molecule has 0 aliphatic carbocycles. The summed E-state index contributed by atoms with van der Waals surface area (Å²) in [5.74, 6) is -0.142. The number of carbonyl (C=O) groups is 2. The molecule has 0 aliphatic rings. The summed E-state index contributed by atoms with van der Waals surface area (Å²) in [6, 6.07) is 10.1. The number of benzene rings is 2. The van der Waals surface area contributed by atoms with Gasteiger partial charge in [-0.05, 0) is 35.4 Å². The number of halogens is 2. The summed E-state index contributed by atoms with van der Waals surface area (Å²) in [5.41, 5.74) is 1.47. The minimum absolute atomic E-state index is 0.369. The van der Waals surface area contributed by atoms with Crippen molar-refractivity contribution in [3.63, 3.8) is 0 Å². The quantitative estimate of drug-likeness (QED) is 0.603. The fourth-order valence-corrected chi connectivity index (χ4v) is 2.38. The SMILES string of the molecule is CC(=O)Oc1cc(Cl)ccc1Cc1ccc(Cl)cc1OC(C)=O. The van der Waals surface area contributed by atoms with Crippen molar-refractivity contribution in [3.8, 4) is 11.5 Å². The molecule has 120 valence electrons. The molecule has 0 radical (unpaired) electrons. The summed E-state index contributed by atoms with van der Waals surface area (Å²) in [6.07, 6.45) is 0.388. The molecule has 2 aromatic carbocycles. The molecule has 0 saturated heterocycles. The smallest absolute Gasteiger partial charge is 0.308 e. The molecule has 0 amide bonds. The summed E-state index contributed by atoms with van der Waals surface area (Å²) in [6.45, 7) is 2.63. The number of esters is 2. The Kier molecular flexibility index (Phi) is 5.64. The predicted octanol–water partition coefficient (Wildman–Crippen LogP) is 4.43. The standard InChI is InChI=1S/C17H14Cl2O4/c1-10(20)22-16-8-14(18)5-3-12(16)7-13-4-6-15(19)9-17(13)23-11(2)21/h3-6,8-9H,7H2,1-2H3. The van der Waals surface area contributed by atoms with E-state index in [0.29, 0.717) is 28.0 Å². The third kappa shape index (κ3) is 4.98. The van der Waals surface area contributed by atoms with E-state index in [1.165, 1.54) is 13.8 Å². The molecule has 0 N–H and O–H groups in total. The minimum atomic E-state index is -0.440. The normalized spacial score (nSPS) is 10.3. The average Bonchev–Trinajstić information content (AvgIpc) is 2.43. The Bertz CT molecular complexity index is 693. The van der Waals surface area contributed by atoms with Crippen LogP contribution in [0.3, 0.4) is 0 Å². The Morgan fingerprint density at radius 1 is 0.826 bits per heavy atom. The third-order valence-corrected chi connectivity index (χ3v) is 3.42. The average molecular weight is 353 g/mol. The van der Waals surface area contributed by atoms with E-state index >= 15 is 0 Å². The van der Waals surface area contributed by atoms with Gasteiger partial charge in [0, 0.05) is 30.3 Å². The molecule has 0 saturated carbocycles. The van der Waals surface area contributed by atoms with Crippen LogP contribution in [0.4, 0.5) is 0 Å². The number of hydrogen-bond donors (Lipinski definition) is 0. The van der Waals surface area contributed by atoms with Crippen molar-refractivity contribution in [2.24, 2.45) is 0 Å². The van der Waals surface area contributed by atoms with E-state index < -0.39 is 11.9 Å². The lowest BCUT2D eigenvalue weighted by atomic mass is 10.0. The Balaban J connectivity index is 2.39. The highest BCUT2D eigenvalue weighted by Crippen LogP contribution is 2.30. The molecule has 0 aromatic heterocycles. The van der Waals surface area contributed by atoms with E-state index in [0.717, 1.165) is 11.1 Å². The van der Waals surface area contributed by atoms with Gasteiger partial charge in [-0.2, -0.15) is 0 Å². The van der Waals surface area contributed by atoms with Gasteiger partial charge in [-0.3, -0.25) is 9.59 Å². The topological polar surface area (TPSA) is 52.6 Å². The summed E-state index contributed by atoms with van der Waals surface area (Å²) >= 11 is 11.9. The highest BCUT2D eigenvalue weighted by atomic mass is 35.5. The maximum absolute atomic E-state index is 11.2. The van der Waals surface area contributed by atoms with Gasteiger partial charge in [-0.1, -0.05) is 35.3 Å². The molecule has 0 heterocycles. The zero-order valence-electron chi connectivity index (χ0n) is 12.6. The van der Waals surface area contributed by atoms with Crippen LogP contribution in [0, 0.1) is 0 Å². The van der Waals surface area contributed by atoms with Crippen molar-refractivity contribution in [3.05, 3.63) is 57.6 Å². The van der Waals surface area contributed by atoms with Crippen molar-refractivity contribution in [2.75, 3.05) is 0 Å². The van der Waals surface area contributed by atoms with Crippen molar-refractivity contribution in [1.29, 1.82) is 0 Å². The van der Waals surface area contributed by atoms with Crippen LogP contribution in [0.2, 0.25) is 10.0 Å². The molecule has 0 aliphatic heterocycles. The van der Waals surface area contributed by atoms with Crippen molar-refractivity contribution >= 4 is 35.1 Å². The van der Waals surface area contributed by atoms with E-state index in [1.807, 2.05) is 0 Å². The maximum Gasteiger partial charge on any atom is 0.308 e. The zero-order chi connectivity index (χ0) is 17.0. The van der Waals surface area contributed by atoms with Gasteiger partial charge in [0.2, 0.25) is 0 Å². The number of carbonyl (C=O) groups excluding carboxylic acids is 2. The van der Waals surface area contributed by atoms with E-state index in [-0.39, 0.29) is 0 Å². The third-order valence-electron chi connectivity index (χ3n) is 2.95. The Labute approximate surface area is 143 Å². The first kappa shape index (κ1) is 17.3. The van der Waals surface area contributed by atoms with Crippen LogP contribution in [0.1, 0.15) is 25.0 Å². The molecule has 0 bridgehead atoms. The van der Waals surface area contributed by atoms with Crippen molar-refractivity contribution in [1.82, 2.24) is 0 Å². The summed E-state index contributed by atoms with van der Waals surface area (Å²) < 4.78 is 10.4. The molecule has 6 heteroatoms. The number of rotatable bonds is 4. The first-order valence-corrected chi connectivity index (χ1v) is 7.54. The molecule has 23 heavy (non-hydrogen) atoms. The van der Waals surface area contributed by atoms with Gasteiger partial charge in [0.15, 0.2) is 0 Å². The van der Waals surface area contributed by atoms with E-state index in [2.05, 4.69) is 0 Å². The second-order valence-electron chi connectivity index (χ2n) is 4.87. The zero-order valence-corrected chi connectivity index (χ0v) is 14.1. The lowest BCUT2D eigenvalue weighted by Gasteiger charge is -2.12. The Morgan fingerprint density at radius 2 is 1.22 bits per heavy atom. The van der Waals surface area contributed by atoms with Gasteiger partial charge in [-0.25, -0.2) is 0 Å². The molecular weight excluding hydrogens is 339 g/mol. The second-order valence-corrected chi connectivity index (χ2v) is 5.74. The first-order valence-electron chi connectivity index (χ1n) is 6.79. The van der Waals surface area contributed by atoms with Crippen LogP contribution in [-0.4, -0.2) is 11.9 Å². The molecule has 0 atom stereocenters. The molecule has 2 rings (SSSR count). The van der Waals surface area contributed by atoms with Crippen molar-refractivity contribution < 1.29 is 19.1 Å². The van der Waals surface area contributed by atoms with Crippen LogP contribution >= 0.6 is 23.2 Å². The molecule has 4 nitrogen and oxygen atoms in total. The maximum atomic E-state index is 11.2.